The molecule has 0 unspecified atom stereocenters. The third-order valence-electron chi connectivity index (χ3n) is 3.36. The normalized spacial score (nSPS) is 14.4. The van der Waals surface area contributed by atoms with E-state index >= 15 is 0 Å². The Morgan fingerprint density at radius 1 is 1.21 bits per heavy atom. The molecule has 1 aromatic carbocycles. The fraction of sp³-hybridized carbons (Fsp3) is 0.333. The van der Waals surface area contributed by atoms with Gasteiger partial charge in [-0.25, -0.2) is 4.79 Å². The number of benzene rings is 1. The molecule has 0 atom stereocenters. The molecule has 1 aliphatic rings. The van der Waals surface area contributed by atoms with Crippen molar-refractivity contribution in [2.24, 2.45) is 5.92 Å². The summed E-state index contributed by atoms with van der Waals surface area (Å²) >= 11 is 0. The first-order chi connectivity index (χ1) is 9.15. The number of methoxy groups -OCH3 is 1. The van der Waals surface area contributed by atoms with Crippen molar-refractivity contribution in [2.75, 3.05) is 19.1 Å². The second-order valence-corrected chi connectivity index (χ2v) is 4.55. The molecule has 19 heavy (non-hydrogen) atoms. The Labute approximate surface area is 112 Å². The van der Waals surface area contributed by atoms with Crippen LogP contribution < -0.4 is 4.90 Å². The molecule has 4 heteroatoms. The number of rotatable bonds is 3. The second kappa shape index (κ2) is 5.69. The Morgan fingerprint density at radius 2 is 1.84 bits per heavy atom. The van der Waals surface area contributed by atoms with E-state index in [0.29, 0.717) is 11.3 Å². The topological polar surface area (TPSA) is 46.6 Å². The largest absolute Gasteiger partial charge is 0.465 e. The number of amides is 1. The molecule has 0 radical (unpaired) electrons. The van der Waals surface area contributed by atoms with E-state index in [2.05, 4.69) is 0 Å². The van der Waals surface area contributed by atoms with E-state index in [-0.39, 0.29) is 11.8 Å². The van der Waals surface area contributed by atoms with Crippen molar-refractivity contribution in [3.05, 3.63) is 42.0 Å². The molecular weight excluding hydrogens is 242 g/mol. The number of carbonyl (C=O) groups excluding carboxylic acids is 2. The van der Waals surface area contributed by atoms with Gasteiger partial charge in [-0.3, -0.25) is 4.79 Å². The number of allylic oxidation sites excluding steroid dienone is 2. The van der Waals surface area contributed by atoms with E-state index < -0.39 is 5.97 Å². The van der Waals surface area contributed by atoms with Crippen LogP contribution in [0.3, 0.4) is 0 Å². The van der Waals surface area contributed by atoms with Gasteiger partial charge in [-0.05, 0) is 25.0 Å². The lowest BCUT2D eigenvalue weighted by Gasteiger charge is -2.22. The molecule has 0 heterocycles. The minimum atomic E-state index is -0.431. The van der Waals surface area contributed by atoms with Gasteiger partial charge in [-0.1, -0.05) is 24.3 Å². The van der Waals surface area contributed by atoms with Gasteiger partial charge in [-0.2, -0.15) is 0 Å². The van der Waals surface area contributed by atoms with Gasteiger partial charge >= 0.3 is 5.97 Å². The highest BCUT2D eigenvalue weighted by Crippen LogP contribution is 2.25. The average molecular weight is 259 g/mol. The number of hydrogen-bond acceptors (Lipinski definition) is 3. The number of para-hydroxylation sites is 1. The Morgan fingerprint density at radius 3 is 2.47 bits per heavy atom. The third-order valence-corrected chi connectivity index (χ3v) is 3.36. The number of ether oxygens (including phenoxy) is 1. The van der Waals surface area contributed by atoms with Crippen LogP contribution in [0.25, 0.3) is 0 Å². The van der Waals surface area contributed by atoms with Gasteiger partial charge in [0.05, 0.1) is 18.4 Å². The molecule has 1 aromatic rings. The minimum absolute atomic E-state index is 0.0179. The standard InChI is InChI=1S/C15H17NO3/c1-16(14(17)11-7-3-4-8-11)13-10-6-5-9-12(13)15(18)19-2/h3-6,9-11H,7-8H2,1-2H3. The number of nitrogens with zero attached hydrogens (tertiary/aromatic N) is 1. The number of carbonyl (C=O) groups is 2. The summed E-state index contributed by atoms with van der Waals surface area (Å²) in [7, 11) is 3.03. The van der Waals surface area contributed by atoms with E-state index in [0.717, 1.165) is 12.8 Å². The highest BCUT2D eigenvalue weighted by molar-refractivity contribution is 6.03. The van der Waals surface area contributed by atoms with Crippen molar-refractivity contribution >= 4 is 17.6 Å². The van der Waals surface area contributed by atoms with Gasteiger partial charge in [-0.15, -0.1) is 0 Å². The Hall–Kier alpha value is -2.10. The van der Waals surface area contributed by atoms with Crippen molar-refractivity contribution in [2.45, 2.75) is 12.8 Å². The monoisotopic (exact) mass is 259 g/mol. The molecule has 0 fully saturated rings. The summed E-state index contributed by atoms with van der Waals surface area (Å²) in [6, 6.07) is 6.98. The quantitative estimate of drug-likeness (QED) is 0.618. The van der Waals surface area contributed by atoms with Gasteiger partial charge < -0.3 is 9.64 Å². The predicted molar refractivity (Wildman–Crippen MR) is 73.1 cm³/mol. The van der Waals surface area contributed by atoms with Crippen LogP contribution in [0.2, 0.25) is 0 Å². The first-order valence-electron chi connectivity index (χ1n) is 6.25. The van der Waals surface area contributed by atoms with Crippen LogP contribution in [0.4, 0.5) is 5.69 Å². The molecule has 100 valence electrons. The summed E-state index contributed by atoms with van der Waals surface area (Å²) < 4.78 is 4.74. The number of anilines is 1. The third kappa shape index (κ3) is 2.67. The lowest BCUT2D eigenvalue weighted by atomic mass is 10.0. The summed E-state index contributed by atoms with van der Waals surface area (Å²) in [5.74, 6) is -0.420. The van der Waals surface area contributed by atoms with Crippen LogP contribution in [0, 0.1) is 5.92 Å². The fourth-order valence-corrected chi connectivity index (χ4v) is 2.26. The maximum Gasteiger partial charge on any atom is 0.339 e. The molecule has 1 aliphatic carbocycles. The van der Waals surface area contributed by atoms with Crippen molar-refractivity contribution in [1.29, 1.82) is 0 Å². The van der Waals surface area contributed by atoms with E-state index in [9.17, 15) is 9.59 Å². The molecule has 0 saturated heterocycles. The summed E-state index contributed by atoms with van der Waals surface area (Å²) in [5.41, 5.74) is 0.998. The Kier molecular flexibility index (Phi) is 4.00. The molecule has 0 spiro atoms. The highest BCUT2D eigenvalue weighted by atomic mass is 16.5. The van der Waals surface area contributed by atoms with E-state index in [1.807, 2.05) is 12.2 Å². The first-order valence-corrected chi connectivity index (χ1v) is 6.25. The number of hydrogen-bond donors (Lipinski definition) is 0. The van der Waals surface area contributed by atoms with Gasteiger partial charge in [0.1, 0.15) is 0 Å². The van der Waals surface area contributed by atoms with E-state index in [4.69, 9.17) is 4.74 Å². The predicted octanol–water partition coefficient (Wildman–Crippen LogP) is 2.40. The van der Waals surface area contributed by atoms with Crippen molar-refractivity contribution < 1.29 is 14.3 Å². The van der Waals surface area contributed by atoms with Gasteiger partial charge in [0.25, 0.3) is 0 Å². The maximum atomic E-state index is 12.3. The number of esters is 1. The van der Waals surface area contributed by atoms with E-state index in [1.54, 1.807) is 36.2 Å². The zero-order valence-corrected chi connectivity index (χ0v) is 11.1. The lowest BCUT2D eigenvalue weighted by molar-refractivity contribution is -0.121. The molecule has 1 amide bonds. The molecule has 0 aliphatic heterocycles. The summed E-state index contributed by atoms with van der Waals surface area (Å²) in [6.07, 6.45) is 5.57. The lowest BCUT2D eigenvalue weighted by Crippen LogP contribution is -2.33. The second-order valence-electron chi connectivity index (χ2n) is 4.55. The Balaban J connectivity index is 2.25. The smallest absolute Gasteiger partial charge is 0.339 e. The van der Waals surface area contributed by atoms with Crippen molar-refractivity contribution in [3.63, 3.8) is 0 Å². The van der Waals surface area contributed by atoms with Gasteiger partial charge in [0.2, 0.25) is 5.91 Å². The molecule has 0 aromatic heterocycles. The molecule has 4 nitrogen and oxygen atoms in total. The minimum Gasteiger partial charge on any atom is -0.465 e. The van der Waals surface area contributed by atoms with Crippen LogP contribution in [0.1, 0.15) is 23.2 Å². The first kappa shape index (κ1) is 13.3. The van der Waals surface area contributed by atoms with Gasteiger partial charge in [0.15, 0.2) is 0 Å². The van der Waals surface area contributed by atoms with Crippen LogP contribution in [-0.4, -0.2) is 26.0 Å². The molecule has 0 bridgehead atoms. The molecular formula is C15H17NO3. The van der Waals surface area contributed by atoms with Crippen LogP contribution in [-0.2, 0) is 9.53 Å². The van der Waals surface area contributed by atoms with Crippen LogP contribution in [0.15, 0.2) is 36.4 Å². The average Bonchev–Trinajstić information content (AvgIpc) is 2.99. The zero-order chi connectivity index (χ0) is 13.8. The highest BCUT2D eigenvalue weighted by Gasteiger charge is 2.25. The zero-order valence-electron chi connectivity index (χ0n) is 11.1. The summed E-state index contributed by atoms with van der Waals surface area (Å²) in [5, 5.41) is 0. The van der Waals surface area contributed by atoms with Gasteiger partial charge in [0, 0.05) is 13.0 Å². The summed E-state index contributed by atoms with van der Waals surface area (Å²) in [4.78, 5) is 25.6. The fourth-order valence-electron chi connectivity index (χ4n) is 2.26. The molecule has 0 N–H and O–H groups in total. The van der Waals surface area contributed by atoms with Crippen LogP contribution >= 0.6 is 0 Å². The van der Waals surface area contributed by atoms with Crippen LogP contribution in [0.5, 0.6) is 0 Å². The SMILES string of the molecule is COC(=O)c1ccccc1N(C)C(=O)C1CC=CC1. The molecule has 0 saturated carbocycles. The van der Waals surface area contributed by atoms with Crippen molar-refractivity contribution in [3.8, 4) is 0 Å². The molecule has 2 rings (SSSR count). The summed E-state index contributed by atoms with van der Waals surface area (Å²) in [6.45, 7) is 0. The van der Waals surface area contributed by atoms with Crippen molar-refractivity contribution in [1.82, 2.24) is 0 Å². The maximum absolute atomic E-state index is 12.3. The van der Waals surface area contributed by atoms with E-state index in [1.165, 1.54) is 7.11 Å². The Bertz CT molecular complexity index is 514.